The predicted octanol–water partition coefficient (Wildman–Crippen LogP) is -2.80. The number of nitrogens with zero attached hydrogens (tertiary/aromatic N) is 1. The first-order chi connectivity index (χ1) is 13.8. The Balaban J connectivity index is 2.76. The molecule has 3 amide bonds. The van der Waals surface area contributed by atoms with Crippen molar-refractivity contribution in [2.45, 2.75) is 31.0 Å². The van der Waals surface area contributed by atoms with Gasteiger partial charge in [0.05, 0.1) is 19.5 Å². The minimum Gasteiger partial charge on any atom is -0.480 e. The number of H-pyrrole nitrogens is 1. The lowest BCUT2D eigenvalue weighted by Gasteiger charge is -2.23. The molecule has 1 heterocycles. The number of aromatic nitrogens is 2. The molecule has 0 bridgehead atoms. The number of carboxylic acids is 1. The van der Waals surface area contributed by atoms with Crippen molar-refractivity contribution >= 4 is 35.5 Å². The maximum Gasteiger partial charge on any atom is 0.326 e. The van der Waals surface area contributed by atoms with Crippen LogP contribution in [0, 0.1) is 0 Å². The van der Waals surface area contributed by atoms with E-state index in [2.05, 4.69) is 25.9 Å². The number of nitrogens with two attached hydrogens (primary N) is 1. The Morgan fingerprint density at radius 2 is 1.83 bits per heavy atom. The SMILES string of the molecule is CSCCC(NC(=O)CN)C(=O)NC(CO)C(=O)NC(Cc1cnc[nH]1)C(=O)O. The molecule has 162 valence electrons. The minimum atomic E-state index is -1.39. The molecule has 0 radical (unpaired) electrons. The van der Waals surface area contributed by atoms with Crippen LogP contribution >= 0.6 is 11.8 Å². The number of thioether (sulfide) groups is 1. The average molecular weight is 430 g/mol. The first kappa shape index (κ1) is 24.4. The van der Waals surface area contributed by atoms with Crippen LogP contribution in [-0.4, -0.2) is 87.2 Å². The topological polar surface area (TPSA) is 200 Å². The summed E-state index contributed by atoms with van der Waals surface area (Å²) in [5, 5.41) is 25.8. The van der Waals surface area contributed by atoms with Crippen LogP contribution in [0.3, 0.4) is 0 Å². The van der Waals surface area contributed by atoms with Crippen LogP contribution in [0.4, 0.5) is 0 Å². The zero-order valence-corrected chi connectivity index (χ0v) is 16.7. The number of carboxylic acid groups (broad SMARTS) is 1. The smallest absolute Gasteiger partial charge is 0.326 e. The summed E-state index contributed by atoms with van der Waals surface area (Å²) in [6.07, 6.45) is 4.85. The largest absolute Gasteiger partial charge is 0.480 e. The summed E-state index contributed by atoms with van der Waals surface area (Å²) < 4.78 is 0. The number of aromatic amines is 1. The van der Waals surface area contributed by atoms with Gasteiger partial charge in [0.2, 0.25) is 17.7 Å². The second kappa shape index (κ2) is 12.7. The molecule has 0 aliphatic heterocycles. The van der Waals surface area contributed by atoms with Crippen LogP contribution < -0.4 is 21.7 Å². The molecule has 29 heavy (non-hydrogen) atoms. The van der Waals surface area contributed by atoms with E-state index in [-0.39, 0.29) is 19.4 Å². The standard InChI is InChI=1S/C16H26N6O6S/c1-29-3-2-10(20-13(24)5-17)14(25)22-12(7-23)15(26)21-11(16(27)28)4-9-6-18-8-19-9/h6,8,10-12,23H,2-5,7,17H2,1H3,(H,18,19)(H,20,24)(H,21,26)(H,22,25)(H,27,28). The molecule has 1 aromatic heterocycles. The maximum atomic E-state index is 12.5. The van der Waals surface area contributed by atoms with E-state index in [4.69, 9.17) is 5.73 Å². The van der Waals surface area contributed by atoms with Crippen LogP contribution in [-0.2, 0) is 25.6 Å². The number of aliphatic carboxylic acids is 1. The Labute approximate surface area is 171 Å². The van der Waals surface area contributed by atoms with E-state index in [1.165, 1.54) is 24.3 Å². The van der Waals surface area contributed by atoms with Gasteiger partial charge in [-0.2, -0.15) is 11.8 Å². The van der Waals surface area contributed by atoms with Crippen LogP contribution in [0.1, 0.15) is 12.1 Å². The summed E-state index contributed by atoms with van der Waals surface area (Å²) in [4.78, 5) is 54.3. The molecular formula is C16H26N6O6S. The fraction of sp³-hybridized carbons (Fsp3) is 0.562. The Morgan fingerprint density at radius 3 is 2.34 bits per heavy atom. The van der Waals surface area contributed by atoms with Crippen molar-refractivity contribution in [2.75, 3.05) is 25.2 Å². The molecule has 0 spiro atoms. The third-order valence-electron chi connectivity index (χ3n) is 3.86. The van der Waals surface area contributed by atoms with Gasteiger partial charge in [0.1, 0.15) is 18.1 Å². The van der Waals surface area contributed by atoms with E-state index in [1.54, 1.807) is 0 Å². The molecular weight excluding hydrogens is 404 g/mol. The lowest BCUT2D eigenvalue weighted by Crippen LogP contribution is -2.57. The van der Waals surface area contributed by atoms with E-state index >= 15 is 0 Å². The van der Waals surface area contributed by atoms with Crippen molar-refractivity contribution < 1.29 is 29.4 Å². The number of hydrogen-bond donors (Lipinski definition) is 7. The number of aliphatic hydroxyl groups is 1. The quantitative estimate of drug-likeness (QED) is 0.173. The predicted molar refractivity (Wildman–Crippen MR) is 105 cm³/mol. The summed E-state index contributed by atoms with van der Waals surface area (Å²) in [7, 11) is 0. The molecule has 3 atom stereocenters. The highest BCUT2D eigenvalue weighted by Crippen LogP contribution is 2.03. The fourth-order valence-electron chi connectivity index (χ4n) is 2.31. The normalized spacial score (nSPS) is 13.8. The van der Waals surface area contributed by atoms with Crippen molar-refractivity contribution in [1.29, 1.82) is 0 Å². The molecule has 0 saturated carbocycles. The number of imidazole rings is 1. The van der Waals surface area contributed by atoms with Gasteiger partial charge in [-0.1, -0.05) is 0 Å². The van der Waals surface area contributed by atoms with Crippen molar-refractivity contribution in [2.24, 2.45) is 5.73 Å². The van der Waals surface area contributed by atoms with E-state index in [0.29, 0.717) is 11.4 Å². The Morgan fingerprint density at radius 1 is 1.17 bits per heavy atom. The maximum absolute atomic E-state index is 12.5. The number of carbonyl (C=O) groups is 4. The first-order valence-electron chi connectivity index (χ1n) is 8.72. The summed E-state index contributed by atoms with van der Waals surface area (Å²) in [6, 6.07) is -3.63. The van der Waals surface area contributed by atoms with Gasteiger partial charge < -0.3 is 36.9 Å². The van der Waals surface area contributed by atoms with Crippen molar-refractivity contribution in [1.82, 2.24) is 25.9 Å². The Kier molecular flexibility index (Phi) is 10.7. The molecule has 0 saturated heterocycles. The van der Waals surface area contributed by atoms with E-state index in [9.17, 15) is 29.4 Å². The number of aliphatic hydroxyl groups excluding tert-OH is 1. The van der Waals surface area contributed by atoms with Gasteiger partial charge in [-0.05, 0) is 18.4 Å². The van der Waals surface area contributed by atoms with Crippen molar-refractivity contribution in [3.05, 3.63) is 18.2 Å². The van der Waals surface area contributed by atoms with Gasteiger partial charge in [-0.25, -0.2) is 9.78 Å². The lowest BCUT2D eigenvalue weighted by atomic mass is 10.1. The molecule has 0 aromatic carbocycles. The van der Waals surface area contributed by atoms with Crippen LogP contribution in [0.2, 0.25) is 0 Å². The molecule has 1 aromatic rings. The highest BCUT2D eigenvalue weighted by Gasteiger charge is 2.29. The zero-order valence-electron chi connectivity index (χ0n) is 15.9. The molecule has 8 N–H and O–H groups in total. The van der Waals surface area contributed by atoms with Crippen LogP contribution in [0.15, 0.2) is 12.5 Å². The van der Waals surface area contributed by atoms with Gasteiger partial charge in [0.25, 0.3) is 0 Å². The Hall–Kier alpha value is -2.64. The van der Waals surface area contributed by atoms with Crippen LogP contribution in [0.5, 0.6) is 0 Å². The second-order valence-electron chi connectivity index (χ2n) is 6.03. The summed E-state index contributed by atoms with van der Waals surface area (Å²) in [5.41, 5.74) is 5.74. The second-order valence-corrected chi connectivity index (χ2v) is 7.02. The van der Waals surface area contributed by atoms with Crippen molar-refractivity contribution in [3.63, 3.8) is 0 Å². The monoisotopic (exact) mass is 430 g/mol. The number of rotatable bonds is 13. The number of amides is 3. The van der Waals surface area contributed by atoms with Crippen LogP contribution in [0.25, 0.3) is 0 Å². The average Bonchev–Trinajstić information content (AvgIpc) is 3.21. The molecule has 1 rings (SSSR count). The van der Waals surface area contributed by atoms with Crippen molar-refractivity contribution in [3.8, 4) is 0 Å². The summed E-state index contributed by atoms with van der Waals surface area (Å²) >= 11 is 1.46. The molecule has 13 heteroatoms. The number of nitrogens with one attached hydrogen (secondary N) is 4. The minimum absolute atomic E-state index is 0.0595. The third-order valence-corrected chi connectivity index (χ3v) is 4.50. The highest BCUT2D eigenvalue weighted by atomic mass is 32.2. The molecule has 0 fully saturated rings. The molecule has 0 aliphatic rings. The summed E-state index contributed by atoms with van der Waals surface area (Å²) in [6.45, 7) is -1.06. The third kappa shape index (κ3) is 8.50. The number of carbonyl (C=O) groups excluding carboxylic acids is 3. The van der Waals surface area contributed by atoms with Gasteiger partial charge in [-0.15, -0.1) is 0 Å². The van der Waals surface area contributed by atoms with E-state index in [0.717, 1.165) is 0 Å². The van der Waals surface area contributed by atoms with E-state index in [1.807, 2.05) is 6.26 Å². The fourth-order valence-corrected chi connectivity index (χ4v) is 2.78. The molecule has 12 nitrogen and oxygen atoms in total. The van der Waals surface area contributed by atoms with E-state index < -0.39 is 48.4 Å². The zero-order chi connectivity index (χ0) is 21.8. The lowest BCUT2D eigenvalue weighted by molar-refractivity contribution is -0.142. The first-order valence-corrected chi connectivity index (χ1v) is 10.1. The van der Waals surface area contributed by atoms with Gasteiger partial charge in [0, 0.05) is 18.3 Å². The summed E-state index contributed by atoms with van der Waals surface area (Å²) in [5.74, 6) is -2.83. The number of hydrogen-bond acceptors (Lipinski definition) is 8. The van der Waals surface area contributed by atoms with Gasteiger partial charge in [-0.3, -0.25) is 14.4 Å². The Bertz CT molecular complexity index is 685. The van der Waals surface area contributed by atoms with Gasteiger partial charge >= 0.3 is 5.97 Å². The highest BCUT2D eigenvalue weighted by molar-refractivity contribution is 7.98. The molecule has 0 aliphatic carbocycles. The van der Waals surface area contributed by atoms with Gasteiger partial charge in [0.15, 0.2) is 0 Å². The molecule has 3 unspecified atom stereocenters.